The van der Waals surface area contributed by atoms with Crippen molar-refractivity contribution >= 4 is 80.5 Å². The van der Waals surface area contributed by atoms with E-state index in [2.05, 4.69) is 27.9 Å². The zero-order chi connectivity index (χ0) is 25.1. The molecule has 1 unspecified atom stereocenters. The van der Waals surface area contributed by atoms with E-state index in [1.165, 1.54) is 11.8 Å². The highest BCUT2D eigenvalue weighted by atomic mass is 127. The lowest BCUT2D eigenvalue weighted by Crippen LogP contribution is -2.37. The quantitative estimate of drug-likeness (QED) is 0.210. The number of nitrogens with zero attached hydrogens (tertiary/aromatic N) is 2. The minimum Gasteiger partial charge on any atom is -0.332 e. The molecule has 1 aliphatic rings. The van der Waals surface area contributed by atoms with Gasteiger partial charge in [-0.05, 0) is 102 Å². The average molecular weight is 618 g/mol. The predicted molar refractivity (Wildman–Crippen MR) is 150 cm³/mol. The van der Waals surface area contributed by atoms with E-state index in [1.807, 2.05) is 42.5 Å². The van der Waals surface area contributed by atoms with Crippen molar-refractivity contribution in [1.29, 1.82) is 0 Å². The molecule has 0 spiro atoms. The van der Waals surface area contributed by atoms with Crippen molar-refractivity contribution < 1.29 is 14.4 Å². The first-order valence-electron chi connectivity index (χ1n) is 10.8. The van der Waals surface area contributed by atoms with Crippen LogP contribution in [0.2, 0.25) is 5.02 Å². The summed E-state index contributed by atoms with van der Waals surface area (Å²) in [5.41, 5.74) is 2.52. The molecule has 178 valence electrons. The van der Waals surface area contributed by atoms with Crippen LogP contribution >= 0.6 is 46.4 Å². The van der Waals surface area contributed by atoms with Crippen LogP contribution in [-0.2, 0) is 16.1 Å². The Labute approximate surface area is 227 Å². The summed E-state index contributed by atoms with van der Waals surface area (Å²) in [5.74, 6) is -0.682. The fourth-order valence-electron chi connectivity index (χ4n) is 3.83. The van der Waals surface area contributed by atoms with Crippen molar-refractivity contribution in [3.8, 4) is 0 Å². The second-order valence-electron chi connectivity index (χ2n) is 8.05. The number of amides is 2. The van der Waals surface area contributed by atoms with Gasteiger partial charge in [-0.15, -0.1) is 0 Å². The Morgan fingerprint density at radius 3 is 2.31 bits per heavy atom. The molecule has 2 amide bonds. The van der Waals surface area contributed by atoms with Crippen LogP contribution in [0.4, 0.5) is 11.4 Å². The third-order valence-electron chi connectivity index (χ3n) is 5.66. The van der Waals surface area contributed by atoms with Gasteiger partial charge < -0.3 is 10.2 Å². The molecule has 0 bridgehead atoms. The summed E-state index contributed by atoms with van der Waals surface area (Å²) >= 11 is 14.3. The molecule has 3 aromatic carbocycles. The molecule has 4 rings (SSSR count). The number of halogens is 2. The first kappa shape index (κ1) is 25.3. The van der Waals surface area contributed by atoms with Crippen molar-refractivity contribution in [2.24, 2.45) is 0 Å². The topological polar surface area (TPSA) is 69.7 Å². The van der Waals surface area contributed by atoms with Crippen LogP contribution < -0.4 is 10.2 Å². The maximum atomic E-state index is 13.6. The molecule has 1 heterocycles. The highest BCUT2D eigenvalue weighted by molar-refractivity contribution is 14.1. The summed E-state index contributed by atoms with van der Waals surface area (Å²) in [6.07, 6.45) is -0.0859. The van der Waals surface area contributed by atoms with Crippen molar-refractivity contribution in [1.82, 2.24) is 4.90 Å². The van der Waals surface area contributed by atoms with E-state index in [1.54, 1.807) is 35.2 Å². The third kappa shape index (κ3) is 5.71. The summed E-state index contributed by atoms with van der Waals surface area (Å²) in [4.78, 5) is 41.3. The molecule has 1 aliphatic heterocycles. The van der Waals surface area contributed by atoms with Gasteiger partial charge in [-0.3, -0.25) is 19.3 Å². The molecule has 0 radical (unpaired) electrons. The molecule has 1 fully saturated rings. The van der Waals surface area contributed by atoms with E-state index < -0.39 is 6.04 Å². The molecule has 9 heteroatoms. The van der Waals surface area contributed by atoms with Crippen LogP contribution in [0.15, 0.2) is 72.8 Å². The van der Waals surface area contributed by atoms with E-state index in [0.717, 1.165) is 9.13 Å². The number of Topliss-reactive ketones (excluding diaryl/α,β-unsaturated/α-hetero) is 1. The number of hydrogen-bond acceptors (Lipinski definition) is 4. The first-order chi connectivity index (χ1) is 16.7. The van der Waals surface area contributed by atoms with E-state index in [-0.39, 0.29) is 35.7 Å². The lowest BCUT2D eigenvalue weighted by molar-refractivity contribution is -0.124. The van der Waals surface area contributed by atoms with E-state index in [4.69, 9.17) is 23.8 Å². The number of thiocarbonyl (C=S) groups is 1. The van der Waals surface area contributed by atoms with Gasteiger partial charge in [0.05, 0.1) is 12.1 Å². The normalized spacial score (nSPS) is 15.5. The molecule has 0 aliphatic carbocycles. The molecular formula is C26H21ClIN3O3S. The zero-order valence-corrected chi connectivity index (χ0v) is 22.4. The van der Waals surface area contributed by atoms with E-state index in [0.29, 0.717) is 22.0 Å². The summed E-state index contributed by atoms with van der Waals surface area (Å²) in [5, 5.41) is 3.68. The number of carbonyl (C=O) groups is 3. The van der Waals surface area contributed by atoms with E-state index in [9.17, 15) is 14.4 Å². The summed E-state index contributed by atoms with van der Waals surface area (Å²) in [6.45, 7) is 1.75. The molecule has 1 saturated heterocycles. The smallest absolute Gasteiger partial charge is 0.256 e. The molecular weight excluding hydrogens is 597 g/mol. The SMILES string of the molecule is CC(=O)c1ccc(N2C(=O)C(CC(=O)Nc3ccc(I)cc3)N(Cc3ccccc3Cl)C2=S)cc1. The molecule has 35 heavy (non-hydrogen) atoms. The number of benzene rings is 3. The van der Waals surface area contributed by atoms with Gasteiger partial charge in [-0.2, -0.15) is 0 Å². The van der Waals surface area contributed by atoms with Crippen molar-refractivity contribution in [2.45, 2.75) is 25.9 Å². The van der Waals surface area contributed by atoms with Gasteiger partial charge in [0.15, 0.2) is 10.9 Å². The first-order valence-corrected chi connectivity index (χ1v) is 12.7. The molecule has 1 atom stereocenters. The average Bonchev–Trinajstić information content (AvgIpc) is 3.06. The van der Waals surface area contributed by atoms with Crippen molar-refractivity contribution in [2.75, 3.05) is 10.2 Å². The molecule has 1 N–H and O–H groups in total. The maximum absolute atomic E-state index is 13.6. The minimum atomic E-state index is -0.810. The van der Waals surface area contributed by atoms with Crippen LogP contribution in [-0.4, -0.2) is 33.7 Å². The van der Waals surface area contributed by atoms with Crippen LogP contribution in [0.5, 0.6) is 0 Å². The second-order valence-corrected chi connectivity index (χ2v) is 10.1. The van der Waals surface area contributed by atoms with Crippen molar-refractivity contribution in [3.63, 3.8) is 0 Å². The number of ketones is 1. The Hall–Kier alpha value is -2.82. The van der Waals surface area contributed by atoms with Crippen LogP contribution in [0.25, 0.3) is 0 Å². The number of carbonyl (C=O) groups excluding carboxylic acids is 3. The largest absolute Gasteiger partial charge is 0.332 e. The van der Waals surface area contributed by atoms with Gasteiger partial charge in [-0.1, -0.05) is 29.8 Å². The second kappa shape index (κ2) is 10.8. The number of anilines is 2. The Morgan fingerprint density at radius 1 is 1.03 bits per heavy atom. The van der Waals surface area contributed by atoms with Crippen LogP contribution in [0.3, 0.4) is 0 Å². The van der Waals surface area contributed by atoms with E-state index >= 15 is 0 Å². The molecule has 3 aromatic rings. The van der Waals surface area contributed by atoms with Crippen molar-refractivity contribution in [3.05, 3.63) is 92.5 Å². The molecule has 6 nitrogen and oxygen atoms in total. The Balaban J connectivity index is 1.62. The number of nitrogens with one attached hydrogen (secondary N) is 1. The monoisotopic (exact) mass is 617 g/mol. The Kier molecular flexibility index (Phi) is 7.83. The van der Waals surface area contributed by atoms with Crippen LogP contribution in [0.1, 0.15) is 29.3 Å². The number of rotatable bonds is 7. The summed E-state index contributed by atoms with van der Waals surface area (Å²) in [6, 6.07) is 20.6. The minimum absolute atomic E-state index is 0.0719. The molecule has 0 saturated carbocycles. The van der Waals surface area contributed by atoms with Crippen LogP contribution in [0, 0.1) is 3.57 Å². The van der Waals surface area contributed by atoms with Gasteiger partial charge in [0.1, 0.15) is 6.04 Å². The Bertz CT molecular complexity index is 1300. The fourth-order valence-corrected chi connectivity index (χ4v) is 4.77. The fraction of sp³-hybridized carbons (Fsp3) is 0.154. The predicted octanol–water partition coefficient (Wildman–Crippen LogP) is 5.68. The highest BCUT2D eigenvalue weighted by Gasteiger charge is 2.44. The molecule has 0 aromatic heterocycles. The number of hydrogen-bond donors (Lipinski definition) is 1. The van der Waals surface area contributed by atoms with Gasteiger partial charge in [0.25, 0.3) is 5.91 Å². The Morgan fingerprint density at radius 2 is 1.69 bits per heavy atom. The van der Waals surface area contributed by atoms with Gasteiger partial charge in [0, 0.05) is 26.4 Å². The third-order valence-corrected chi connectivity index (χ3v) is 7.16. The lowest BCUT2D eigenvalue weighted by Gasteiger charge is -2.24. The maximum Gasteiger partial charge on any atom is 0.256 e. The summed E-state index contributed by atoms with van der Waals surface area (Å²) < 4.78 is 1.05. The van der Waals surface area contributed by atoms with Gasteiger partial charge >= 0.3 is 0 Å². The standard InChI is InChI=1S/C26H21ClIN3O3S/c1-16(32)17-6-12-21(13-7-17)31-25(34)23(14-24(33)29-20-10-8-19(28)9-11-20)30(26(31)35)15-18-4-2-3-5-22(18)27/h2-13,23H,14-15H2,1H3,(H,29,33). The highest BCUT2D eigenvalue weighted by Crippen LogP contribution is 2.30. The lowest BCUT2D eigenvalue weighted by atomic mass is 10.1. The summed E-state index contributed by atoms with van der Waals surface area (Å²) in [7, 11) is 0. The zero-order valence-electron chi connectivity index (χ0n) is 18.7. The van der Waals surface area contributed by atoms with Gasteiger partial charge in [0.2, 0.25) is 5.91 Å². The van der Waals surface area contributed by atoms with Gasteiger partial charge in [-0.25, -0.2) is 0 Å².